The van der Waals surface area contributed by atoms with Crippen LogP contribution in [0, 0.1) is 12.7 Å². The predicted molar refractivity (Wildman–Crippen MR) is 145 cm³/mol. The zero-order chi connectivity index (χ0) is 27.4. The molecule has 5 rings (SSSR count). The summed E-state index contributed by atoms with van der Waals surface area (Å²) in [6, 6.07) is 13.5. The molecule has 194 valence electrons. The zero-order valence-electron chi connectivity index (χ0n) is 21.1. The van der Waals surface area contributed by atoms with Crippen LogP contribution in [0.3, 0.4) is 0 Å². The number of hydrogen-bond donors (Lipinski definition) is 2. The van der Waals surface area contributed by atoms with Crippen molar-refractivity contribution in [2.24, 2.45) is 7.05 Å². The van der Waals surface area contributed by atoms with Crippen LogP contribution in [0.4, 0.5) is 21.7 Å². The van der Waals surface area contributed by atoms with Gasteiger partial charge in [-0.05, 0) is 48.9 Å². The fourth-order valence-corrected chi connectivity index (χ4v) is 3.72. The van der Waals surface area contributed by atoms with Gasteiger partial charge >= 0.3 is 6.01 Å². The van der Waals surface area contributed by atoms with Gasteiger partial charge in [-0.1, -0.05) is 24.8 Å². The van der Waals surface area contributed by atoms with Crippen molar-refractivity contribution in [1.29, 1.82) is 0 Å². The second kappa shape index (κ2) is 10.9. The van der Waals surface area contributed by atoms with E-state index in [1.54, 1.807) is 79.8 Å². The smallest absolute Gasteiger partial charge is 0.322 e. The van der Waals surface area contributed by atoms with Gasteiger partial charge in [0, 0.05) is 48.1 Å². The Bertz CT molecular complexity index is 1670. The van der Waals surface area contributed by atoms with E-state index < -0.39 is 5.82 Å². The number of nitrogens with one attached hydrogen (secondary N) is 2. The van der Waals surface area contributed by atoms with Crippen LogP contribution in [-0.2, 0) is 11.8 Å². The zero-order valence-corrected chi connectivity index (χ0v) is 21.1. The molecular weight excluding hydrogens is 499 g/mol. The molecule has 2 aromatic carbocycles. The molecule has 10 nitrogen and oxygen atoms in total. The van der Waals surface area contributed by atoms with Crippen LogP contribution in [-0.4, -0.2) is 35.6 Å². The highest BCUT2D eigenvalue weighted by Gasteiger charge is 2.16. The number of aryl methyl sites for hydroxylation is 2. The third-order valence-electron chi connectivity index (χ3n) is 5.58. The molecule has 0 saturated carbocycles. The van der Waals surface area contributed by atoms with Gasteiger partial charge in [0.05, 0.1) is 17.6 Å². The maximum absolute atomic E-state index is 15.1. The van der Waals surface area contributed by atoms with Gasteiger partial charge in [0.15, 0.2) is 11.6 Å². The molecule has 0 unspecified atom stereocenters. The number of nitrogens with zero attached hydrogens (tertiary/aromatic N) is 6. The Kier molecular flexibility index (Phi) is 7.04. The lowest BCUT2D eigenvalue weighted by molar-refractivity contribution is -0.111. The highest BCUT2D eigenvalue weighted by molar-refractivity contribution is 5.99. The molecule has 3 heterocycles. The van der Waals surface area contributed by atoms with E-state index in [4.69, 9.17) is 9.72 Å². The lowest BCUT2D eigenvalue weighted by Gasteiger charge is -2.13. The lowest BCUT2D eigenvalue weighted by atomic mass is 10.0. The van der Waals surface area contributed by atoms with Gasteiger partial charge in [-0.2, -0.15) is 5.10 Å². The molecule has 2 N–H and O–H groups in total. The maximum atomic E-state index is 15.1. The van der Waals surface area contributed by atoms with E-state index in [-0.39, 0.29) is 17.7 Å². The summed E-state index contributed by atoms with van der Waals surface area (Å²) in [6.45, 7) is 5.26. The van der Waals surface area contributed by atoms with Crippen LogP contribution in [0.25, 0.3) is 22.4 Å². The van der Waals surface area contributed by atoms with Crippen molar-refractivity contribution >= 4 is 23.2 Å². The average Bonchev–Trinajstić information content (AvgIpc) is 3.34. The molecule has 3 aromatic heterocycles. The Labute approximate surface area is 223 Å². The summed E-state index contributed by atoms with van der Waals surface area (Å²) in [7, 11) is 1.81. The minimum absolute atomic E-state index is 0.0102. The predicted octanol–water partition coefficient (Wildman–Crippen LogP) is 5.44. The minimum Gasteiger partial charge on any atom is -0.421 e. The SMILES string of the molecule is C=CC(=O)Nc1ccc(-c2nc(Nc3cnn(C)c3)ncc2-c2ccc(Oc3nccc(C)n3)c(F)c2)cc1. The fourth-order valence-electron chi connectivity index (χ4n) is 3.72. The molecule has 0 spiro atoms. The Morgan fingerprint density at radius 3 is 2.51 bits per heavy atom. The van der Waals surface area contributed by atoms with Crippen molar-refractivity contribution < 1.29 is 13.9 Å². The van der Waals surface area contributed by atoms with E-state index in [1.807, 2.05) is 0 Å². The second-order valence-electron chi connectivity index (χ2n) is 8.48. The summed E-state index contributed by atoms with van der Waals surface area (Å²) in [6.07, 6.45) is 7.80. The van der Waals surface area contributed by atoms with Gasteiger partial charge < -0.3 is 15.4 Å². The number of carbonyl (C=O) groups excluding carboxylic acids is 1. The molecule has 5 aromatic rings. The van der Waals surface area contributed by atoms with Crippen molar-refractivity contribution in [1.82, 2.24) is 29.7 Å². The normalized spacial score (nSPS) is 10.6. The number of benzene rings is 2. The van der Waals surface area contributed by atoms with Crippen molar-refractivity contribution in [2.45, 2.75) is 6.92 Å². The Morgan fingerprint density at radius 1 is 1.03 bits per heavy atom. The number of halogens is 1. The van der Waals surface area contributed by atoms with Crippen LogP contribution in [0.1, 0.15) is 5.69 Å². The first-order valence-electron chi connectivity index (χ1n) is 11.8. The number of aromatic nitrogens is 6. The summed E-state index contributed by atoms with van der Waals surface area (Å²) in [5.41, 5.74) is 4.42. The molecule has 0 bridgehead atoms. The first kappa shape index (κ1) is 25.2. The standard InChI is InChI=1S/C28H23FN8O2/c1-4-25(38)34-20-8-5-18(6-9-20)26-22(15-31-27(36-26)35-21-14-32-37(3)16-21)19-7-10-24(23(29)13-19)39-28-30-12-11-17(2)33-28/h4-16H,1H2,2-3H3,(H,34,38)(H,31,35,36). The molecule has 0 saturated heterocycles. The number of amides is 1. The Morgan fingerprint density at radius 2 is 1.82 bits per heavy atom. The summed E-state index contributed by atoms with van der Waals surface area (Å²) in [5.74, 6) is -0.585. The molecule has 0 radical (unpaired) electrons. The molecule has 39 heavy (non-hydrogen) atoms. The molecule has 0 fully saturated rings. The highest BCUT2D eigenvalue weighted by atomic mass is 19.1. The topological polar surface area (TPSA) is 120 Å². The quantitative estimate of drug-likeness (QED) is 0.259. The summed E-state index contributed by atoms with van der Waals surface area (Å²) in [4.78, 5) is 29.0. The molecule has 0 aliphatic rings. The molecule has 0 aliphatic carbocycles. The fraction of sp³-hybridized carbons (Fsp3) is 0.0714. The van der Waals surface area contributed by atoms with Crippen molar-refractivity contribution in [3.05, 3.63) is 97.5 Å². The van der Waals surface area contributed by atoms with Gasteiger partial charge in [-0.25, -0.2) is 24.3 Å². The summed E-state index contributed by atoms with van der Waals surface area (Å²) >= 11 is 0. The minimum atomic E-state index is -0.594. The van der Waals surface area contributed by atoms with E-state index in [2.05, 4.69) is 37.3 Å². The molecule has 0 aliphatic heterocycles. The first-order valence-corrected chi connectivity index (χ1v) is 11.8. The number of hydrogen-bond acceptors (Lipinski definition) is 8. The lowest BCUT2D eigenvalue weighted by Crippen LogP contribution is -2.07. The van der Waals surface area contributed by atoms with Crippen LogP contribution in [0.2, 0.25) is 0 Å². The first-order chi connectivity index (χ1) is 18.9. The van der Waals surface area contributed by atoms with E-state index in [0.717, 1.165) is 5.56 Å². The number of rotatable bonds is 8. The van der Waals surface area contributed by atoms with Crippen LogP contribution in [0.5, 0.6) is 11.8 Å². The van der Waals surface area contributed by atoms with Crippen LogP contribution < -0.4 is 15.4 Å². The number of anilines is 3. The highest BCUT2D eigenvalue weighted by Crippen LogP contribution is 2.34. The third-order valence-corrected chi connectivity index (χ3v) is 5.58. The van der Waals surface area contributed by atoms with Crippen LogP contribution in [0.15, 0.2) is 86.0 Å². The molecular formula is C28H23FN8O2. The van der Waals surface area contributed by atoms with Gasteiger partial charge in [0.25, 0.3) is 0 Å². The average molecular weight is 523 g/mol. The van der Waals surface area contributed by atoms with Crippen LogP contribution >= 0.6 is 0 Å². The van der Waals surface area contributed by atoms with E-state index >= 15 is 4.39 Å². The van der Waals surface area contributed by atoms with Crippen molar-refractivity contribution in [3.63, 3.8) is 0 Å². The molecule has 11 heteroatoms. The number of carbonyl (C=O) groups is 1. The summed E-state index contributed by atoms with van der Waals surface area (Å²) in [5, 5.41) is 9.99. The maximum Gasteiger partial charge on any atom is 0.322 e. The molecule has 0 atom stereocenters. The van der Waals surface area contributed by atoms with Crippen molar-refractivity contribution in [3.8, 4) is 34.1 Å². The van der Waals surface area contributed by atoms with E-state index in [1.165, 1.54) is 18.2 Å². The van der Waals surface area contributed by atoms with Crippen molar-refractivity contribution in [2.75, 3.05) is 10.6 Å². The van der Waals surface area contributed by atoms with Gasteiger partial charge in [-0.3, -0.25) is 9.48 Å². The number of ether oxygens (including phenoxy) is 1. The van der Waals surface area contributed by atoms with E-state index in [9.17, 15) is 4.79 Å². The Hall–Kier alpha value is -5.45. The largest absolute Gasteiger partial charge is 0.421 e. The van der Waals surface area contributed by atoms with E-state index in [0.29, 0.717) is 39.8 Å². The summed E-state index contributed by atoms with van der Waals surface area (Å²) < 4.78 is 22.3. The van der Waals surface area contributed by atoms with Gasteiger partial charge in [-0.15, -0.1) is 0 Å². The monoisotopic (exact) mass is 522 g/mol. The Balaban J connectivity index is 1.51. The van der Waals surface area contributed by atoms with Gasteiger partial charge in [0.1, 0.15) is 0 Å². The van der Waals surface area contributed by atoms with Gasteiger partial charge in [0.2, 0.25) is 11.9 Å². The molecule has 1 amide bonds. The third kappa shape index (κ3) is 5.93. The second-order valence-corrected chi connectivity index (χ2v) is 8.48.